The van der Waals surface area contributed by atoms with Crippen molar-refractivity contribution in [3.63, 3.8) is 0 Å². The van der Waals surface area contributed by atoms with Gasteiger partial charge in [-0.05, 0) is 66.4 Å². The number of benzene rings is 3. The number of methoxy groups -OCH3 is 1. The molecule has 7 nitrogen and oxygen atoms in total. The molecule has 0 fully saturated rings. The lowest BCUT2D eigenvalue weighted by Gasteiger charge is -2.11. The second kappa shape index (κ2) is 12.2. The molecule has 3 aromatic rings. The van der Waals surface area contributed by atoms with Crippen LogP contribution in [0.15, 0.2) is 60.7 Å². The van der Waals surface area contributed by atoms with Gasteiger partial charge in [-0.1, -0.05) is 29.8 Å². The van der Waals surface area contributed by atoms with E-state index in [0.717, 1.165) is 12.0 Å². The highest BCUT2D eigenvalue weighted by Crippen LogP contribution is 2.31. The zero-order valence-electron chi connectivity index (χ0n) is 19.0. The molecular formula is C27H22ClN3O4. The summed E-state index contributed by atoms with van der Waals surface area (Å²) in [6, 6.07) is 20.9. The molecule has 0 heterocycles. The van der Waals surface area contributed by atoms with Crippen molar-refractivity contribution in [2.45, 2.75) is 25.7 Å². The van der Waals surface area contributed by atoms with E-state index in [2.05, 4.69) is 10.1 Å². The van der Waals surface area contributed by atoms with Gasteiger partial charge in [-0.15, -0.1) is 0 Å². The standard InChI is InChI=1S/C27H22ClN3O4/c1-34-27(33)4-2-3-18-5-8-22(9-6-18)31-26(32)15-19-7-10-24(28)25(14-19)35-23-12-20(16-29)11-21(13-23)17-30/h5-14H,2-4,15H2,1H3,(H,31,32). The summed E-state index contributed by atoms with van der Waals surface area (Å²) in [6.07, 6.45) is 1.89. The van der Waals surface area contributed by atoms with Gasteiger partial charge in [0.25, 0.3) is 0 Å². The fraction of sp³-hybridized carbons (Fsp3) is 0.185. The summed E-state index contributed by atoms with van der Waals surface area (Å²) in [5.41, 5.74) is 2.99. The number of nitrogens with one attached hydrogen (secondary N) is 1. The van der Waals surface area contributed by atoms with E-state index in [-0.39, 0.29) is 18.3 Å². The maximum atomic E-state index is 12.6. The monoisotopic (exact) mass is 487 g/mol. The number of esters is 1. The zero-order valence-corrected chi connectivity index (χ0v) is 19.8. The highest BCUT2D eigenvalue weighted by molar-refractivity contribution is 6.32. The van der Waals surface area contributed by atoms with Crippen LogP contribution in [0.1, 0.15) is 35.1 Å². The van der Waals surface area contributed by atoms with Gasteiger partial charge in [-0.3, -0.25) is 9.59 Å². The average molecular weight is 488 g/mol. The number of halogens is 1. The van der Waals surface area contributed by atoms with Crippen LogP contribution in [0.25, 0.3) is 0 Å². The first kappa shape index (κ1) is 25.3. The van der Waals surface area contributed by atoms with E-state index in [9.17, 15) is 9.59 Å². The molecule has 0 saturated heterocycles. The van der Waals surface area contributed by atoms with Crippen molar-refractivity contribution in [2.75, 3.05) is 12.4 Å². The molecule has 0 atom stereocenters. The molecule has 0 radical (unpaired) electrons. The van der Waals surface area contributed by atoms with E-state index in [1.807, 2.05) is 36.4 Å². The van der Waals surface area contributed by atoms with Crippen LogP contribution in [-0.4, -0.2) is 19.0 Å². The Hall–Kier alpha value is -4.33. The lowest BCUT2D eigenvalue weighted by atomic mass is 10.1. The molecular weight excluding hydrogens is 466 g/mol. The zero-order chi connectivity index (χ0) is 25.2. The molecule has 0 spiro atoms. The van der Waals surface area contributed by atoms with Crippen LogP contribution in [0.3, 0.4) is 0 Å². The van der Waals surface area contributed by atoms with Crippen molar-refractivity contribution in [3.8, 4) is 23.6 Å². The van der Waals surface area contributed by atoms with Crippen LogP contribution in [0, 0.1) is 22.7 Å². The lowest BCUT2D eigenvalue weighted by molar-refractivity contribution is -0.140. The highest BCUT2D eigenvalue weighted by Gasteiger charge is 2.11. The van der Waals surface area contributed by atoms with E-state index in [0.29, 0.717) is 51.7 Å². The number of carbonyl (C=O) groups excluding carboxylic acids is 2. The Kier molecular flexibility index (Phi) is 8.83. The van der Waals surface area contributed by atoms with E-state index in [4.69, 9.17) is 26.9 Å². The van der Waals surface area contributed by atoms with E-state index < -0.39 is 0 Å². The summed E-state index contributed by atoms with van der Waals surface area (Å²) >= 11 is 6.26. The number of aryl methyl sites for hydroxylation is 1. The number of ether oxygens (including phenoxy) is 2. The van der Waals surface area contributed by atoms with Crippen molar-refractivity contribution in [3.05, 3.63) is 87.9 Å². The lowest BCUT2D eigenvalue weighted by Crippen LogP contribution is -2.14. The molecule has 0 aliphatic carbocycles. The number of rotatable bonds is 9. The molecule has 1 N–H and O–H groups in total. The quantitative estimate of drug-likeness (QED) is 0.396. The van der Waals surface area contributed by atoms with Crippen LogP contribution in [0.2, 0.25) is 5.02 Å². The molecule has 0 unspecified atom stereocenters. The maximum Gasteiger partial charge on any atom is 0.305 e. The second-order valence-corrected chi connectivity index (χ2v) is 8.10. The number of nitriles is 2. The summed E-state index contributed by atoms with van der Waals surface area (Å²) in [4.78, 5) is 23.8. The number of hydrogen-bond acceptors (Lipinski definition) is 6. The Balaban J connectivity index is 1.61. The molecule has 3 rings (SSSR count). The van der Waals surface area contributed by atoms with Crippen molar-refractivity contribution in [1.29, 1.82) is 10.5 Å². The summed E-state index contributed by atoms with van der Waals surface area (Å²) in [6.45, 7) is 0. The highest BCUT2D eigenvalue weighted by atomic mass is 35.5. The fourth-order valence-corrected chi connectivity index (χ4v) is 3.49. The van der Waals surface area contributed by atoms with E-state index >= 15 is 0 Å². The van der Waals surface area contributed by atoms with Crippen LogP contribution in [0.5, 0.6) is 11.5 Å². The molecule has 176 valence electrons. The minimum atomic E-state index is -0.229. The maximum absolute atomic E-state index is 12.6. The van der Waals surface area contributed by atoms with Gasteiger partial charge in [0, 0.05) is 12.1 Å². The molecule has 0 bridgehead atoms. The first-order chi connectivity index (χ1) is 16.9. The number of hydrogen-bond donors (Lipinski definition) is 1. The number of carbonyl (C=O) groups is 2. The third kappa shape index (κ3) is 7.60. The summed E-state index contributed by atoms with van der Waals surface area (Å²) in [5.74, 6) is 0.172. The molecule has 0 saturated carbocycles. The number of amides is 1. The molecule has 0 aromatic heterocycles. The van der Waals surface area contributed by atoms with Crippen molar-refractivity contribution in [2.24, 2.45) is 0 Å². The van der Waals surface area contributed by atoms with Gasteiger partial charge in [0.1, 0.15) is 11.5 Å². The summed E-state index contributed by atoms with van der Waals surface area (Å²) in [5, 5.41) is 21.5. The Morgan fingerprint density at radius 1 is 0.943 bits per heavy atom. The predicted octanol–water partition coefficient (Wildman–Crippen LogP) is 5.55. The van der Waals surface area contributed by atoms with Gasteiger partial charge in [0.05, 0.1) is 41.8 Å². The number of anilines is 1. The van der Waals surface area contributed by atoms with Gasteiger partial charge in [-0.2, -0.15) is 10.5 Å². The smallest absolute Gasteiger partial charge is 0.305 e. The van der Waals surface area contributed by atoms with Gasteiger partial charge in [0.2, 0.25) is 5.91 Å². The Morgan fingerprint density at radius 3 is 2.23 bits per heavy atom. The van der Waals surface area contributed by atoms with Crippen LogP contribution in [0.4, 0.5) is 5.69 Å². The Bertz CT molecular complexity index is 1280. The molecule has 1 amide bonds. The van der Waals surface area contributed by atoms with Gasteiger partial charge in [0.15, 0.2) is 0 Å². The topological polar surface area (TPSA) is 112 Å². The normalized spacial score (nSPS) is 10.1. The Morgan fingerprint density at radius 2 is 1.60 bits per heavy atom. The third-order valence-corrected chi connectivity index (χ3v) is 5.38. The fourth-order valence-electron chi connectivity index (χ4n) is 3.33. The van der Waals surface area contributed by atoms with E-state index in [1.165, 1.54) is 25.3 Å². The molecule has 35 heavy (non-hydrogen) atoms. The summed E-state index contributed by atoms with van der Waals surface area (Å²) in [7, 11) is 1.37. The SMILES string of the molecule is COC(=O)CCCc1ccc(NC(=O)Cc2ccc(Cl)c(Oc3cc(C#N)cc(C#N)c3)c2)cc1. The van der Waals surface area contributed by atoms with Crippen LogP contribution >= 0.6 is 11.6 Å². The van der Waals surface area contributed by atoms with Crippen LogP contribution in [-0.2, 0) is 27.2 Å². The molecule has 0 aliphatic heterocycles. The molecule has 8 heteroatoms. The predicted molar refractivity (Wildman–Crippen MR) is 131 cm³/mol. The molecule has 0 aliphatic rings. The van der Waals surface area contributed by atoms with Gasteiger partial charge < -0.3 is 14.8 Å². The van der Waals surface area contributed by atoms with Crippen LogP contribution < -0.4 is 10.1 Å². The van der Waals surface area contributed by atoms with Gasteiger partial charge >= 0.3 is 5.97 Å². The number of nitrogens with zero attached hydrogens (tertiary/aromatic N) is 2. The minimum Gasteiger partial charge on any atom is -0.469 e. The Labute approximate surface area is 208 Å². The van der Waals surface area contributed by atoms with Crippen molar-refractivity contribution < 1.29 is 19.1 Å². The second-order valence-electron chi connectivity index (χ2n) is 7.69. The van der Waals surface area contributed by atoms with Gasteiger partial charge in [-0.25, -0.2) is 0 Å². The minimum absolute atomic E-state index is 0.0933. The first-order valence-electron chi connectivity index (χ1n) is 10.8. The van der Waals surface area contributed by atoms with E-state index in [1.54, 1.807) is 18.2 Å². The largest absolute Gasteiger partial charge is 0.469 e. The average Bonchev–Trinajstić information content (AvgIpc) is 2.86. The molecule has 3 aromatic carbocycles. The van der Waals surface area contributed by atoms with Crippen molar-refractivity contribution in [1.82, 2.24) is 0 Å². The van der Waals surface area contributed by atoms with Crippen molar-refractivity contribution >= 4 is 29.2 Å². The summed E-state index contributed by atoms with van der Waals surface area (Å²) < 4.78 is 10.4. The third-order valence-electron chi connectivity index (χ3n) is 5.06. The first-order valence-corrected chi connectivity index (χ1v) is 11.1.